The lowest BCUT2D eigenvalue weighted by atomic mass is 10.0. The van der Waals surface area contributed by atoms with Gasteiger partial charge in [0.2, 0.25) is 5.88 Å². The van der Waals surface area contributed by atoms with E-state index in [2.05, 4.69) is 30.9 Å². The van der Waals surface area contributed by atoms with Crippen molar-refractivity contribution in [3.8, 4) is 5.88 Å². The average molecular weight is 477 g/mol. The van der Waals surface area contributed by atoms with Crippen LogP contribution in [-0.4, -0.2) is 44.3 Å². The van der Waals surface area contributed by atoms with Crippen molar-refractivity contribution < 1.29 is 13.5 Å². The van der Waals surface area contributed by atoms with Crippen molar-refractivity contribution in [3.63, 3.8) is 0 Å². The standard InChI is InChI=1S/C24H21F2N7O2/c1-14-9-20-29-18(22(25)26)11-21(34)33(20)30-23(14)31-6-4-17-15(13-31)10-16(12-28-17)32-7-8-35-24-19(32)3-2-5-27-24/h2-3,5,9-12,22H,4,6-8,13H2,1H3. The fraction of sp³-hybridized carbons (Fsp3) is 0.292. The Balaban J connectivity index is 1.34. The number of ether oxygens (including phenoxy) is 1. The minimum atomic E-state index is -2.82. The lowest BCUT2D eigenvalue weighted by Crippen LogP contribution is -2.34. The maximum atomic E-state index is 13.1. The molecule has 0 atom stereocenters. The highest BCUT2D eigenvalue weighted by Crippen LogP contribution is 2.36. The minimum absolute atomic E-state index is 0.106. The molecule has 0 aliphatic carbocycles. The van der Waals surface area contributed by atoms with E-state index in [0.29, 0.717) is 44.4 Å². The van der Waals surface area contributed by atoms with Crippen molar-refractivity contribution in [1.29, 1.82) is 0 Å². The van der Waals surface area contributed by atoms with Crippen LogP contribution in [0.3, 0.4) is 0 Å². The normalized spacial score (nSPS) is 15.2. The molecular formula is C24H21F2N7O2. The van der Waals surface area contributed by atoms with Gasteiger partial charge in [-0.3, -0.25) is 9.78 Å². The first kappa shape index (κ1) is 21.4. The minimum Gasteiger partial charge on any atom is -0.474 e. The molecule has 0 radical (unpaired) electrons. The molecule has 0 N–H and O–H groups in total. The molecule has 4 aromatic heterocycles. The first-order valence-electron chi connectivity index (χ1n) is 11.3. The molecule has 4 aromatic rings. The van der Waals surface area contributed by atoms with Crippen molar-refractivity contribution in [2.45, 2.75) is 26.3 Å². The van der Waals surface area contributed by atoms with Gasteiger partial charge in [0.1, 0.15) is 18.0 Å². The van der Waals surface area contributed by atoms with Crippen LogP contribution < -0.4 is 20.1 Å². The first-order valence-corrected chi connectivity index (χ1v) is 11.3. The lowest BCUT2D eigenvalue weighted by Gasteiger charge is -2.33. The number of hydrogen-bond acceptors (Lipinski definition) is 8. The molecule has 2 aliphatic rings. The van der Waals surface area contributed by atoms with E-state index >= 15 is 0 Å². The maximum Gasteiger partial charge on any atom is 0.280 e. The predicted molar refractivity (Wildman–Crippen MR) is 125 cm³/mol. The molecule has 6 rings (SSSR count). The molecule has 6 heterocycles. The van der Waals surface area contributed by atoms with Gasteiger partial charge in [-0.2, -0.15) is 4.52 Å². The van der Waals surface area contributed by atoms with E-state index in [9.17, 15) is 13.6 Å². The Bertz CT molecular complexity index is 1510. The fourth-order valence-corrected chi connectivity index (χ4v) is 4.63. The summed E-state index contributed by atoms with van der Waals surface area (Å²) in [5.41, 5.74) is 3.61. The molecule has 0 aromatic carbocycles. The summed E-state index contributed by atoms with van der Waals surface area (Å²) in [4.78, 5) is 29.6. The lowest BCUT2D eigenvalue weighted by molar-refractivity contribution is 0.146. The van der Waals surface area contributed by atoms with Gasteiger partial charge < -0.3 is 14.5 Å². The Hall–Kier alpha value is -4.15. The molecule has 178 valence electrons. The third-order valence-corrected chi connectivity index (χ3v) is 6.29. The van der Waals surface area contributed by atoms with Crippen molar-refractivity contribution in [2.75, 3.05) is 29.5 Å². The van der Waals surface area contributed by atoms with Crippen LogP contribution in [0.15, 0.2) is 47.5 Å². The number of fused-ring (bicyclic) bond motifs is 3. The van der Waals surface area contributed by atoms with Crippen LogP contribution in [0.25, 0.3) is 5.65 Å². The van der Waals surface area contributed by atoms with Gasteiger partial charge in [-0.1, -0.05) is 0 Å². The van der Waals surface area contributed by atoms with Gasteiger partial charge in [-0.05, 0) is 42.3 Å². The number of aromatic nitrogens is 5. The monoisotopic (exact) mass is 477 g/mol. The van der Waals surface area contributed by atoms with Crippen molar-refractivity contribution in [3.05, 3.63) is 75.6 Å². The number of alkyl halides is 2. The predicted octanol–water partition coefficient (Wildman–Crippen LogP) is 3.22. The zero-order valence-corrected chi connectivity index (χ0v) is 18.9. The Morgan fingerprint density at radius 1 is 1.14 bits per heavy atom. The van der Waals surface area contributed by atoms with E-state index in [-0.39, 0.29) is 5.65 Å². The molecule has 0 amide bonds. The second-order valence-electron chi connectivity index (χ2n) is 8.54. The van der Waals surface area contributed by atoms with Gasteiger partial charge in [0.25, 0.3) is 12.0 Å². The second kappa shape index (κ2) is 8.26. The van der Waals surface area contributed by atoms with E-state index in [1.807, 2.05) is 25.3 Å². The quantitative estimate of drug-likeness (QED) is 0.445. The topological polar surface area (TPSA) is 88.8 Å². The Kier molecular flexibility index (Phi) is 5.05. The summed E-state index contributed by atoms with van der Waals surface area (Å²) >= 11 is 0. The highest BCUT2D eigenvalue weighted by Gasteiger charge is 2.25. The van der Waals surface area contributed by atoms with Gasteiger partial charge in [0.05, 0.1) is 18.4 Å². The second-order valence-corrected chi connectivity index (χ2v) is 8.54. The summed E-state index contributed by atoms with van der Waals surface area (Å²) in [7, 11) is 0. The van der Waals surface area contributed by atoms with Crippen molar-refractivity contribution >= 4 is 22.8 Å². The van der Waals surface area contributed by atoms with Gasteiger partial charge in [-0.25, -0.2) is 18.7 Å². The zero-order valence-electron chi connectivity index (χ0n) is 18.9. The van der Waals surface area contributed by atoms with E-state index in [1.165, 1.54) is 0 Å². The van der Waals surface area contributed by atoms with Gasteiger partial charge in [0.15, 0.2) is 11.5 Å². The molecule has 0 saturated carbocycles. The smallest absolute Gasteiger partial charge is 0.280 e. The number of anilines is 3. The molecular weight excluding hydrogens is 456 g/mol. The number of pyridine rings is 2. The van der Waals surface area contributed by atoms with Gasteiger partial charge in [0, 0.05) is 37.5 Å². The molecule has 0 unspecified atom stereocenters. The summed E-state index contributed by atoms with van der Waals surface area (Å²) in [6.45, 7) is 4.27. The molecule has 11 heteroatoms. The Labute approximate surface area is 198 Å². The van der Waals surface area contributed by atoms with Gasteiger partial charge in [-0.15, -0.1) is 5.10 Å². The third kappa shape index (κ3) is 3.72. The van der Waals surface area contributed by atoms with Crippen LogP contribution in [0.1, 0.15) is 28.9 Å². The van der Waals surface area contributed by atoms with E-state index < -0.39 is 17.7 Å². The highest BCUT2D eigenvalue weighted by molar-refractivity contribution is 5.69. The number of halogens is 2. The Morgan fingerprint density at radius 2 is 2.03 bits per heavy atom. The summed E-state index contributed by atoms with van der Waals surface area (Å²) < 4.78 is 32.9. The molecule has 2 aliphatic heterocycles. The summed E-state index contributed by atoms with van der Waals surface area (Å²) in [6, 6.07) is 8.43. The maximum absolute atomic E-state index is 13.1. The number of rotatable bonds is 3. The fourth-order valence-electron chi connectivity index (χ4n) is 4.63. The molecule has 0 spiro atoms. The van der Waals surface area contributed by atoms with Crippen LogP contribution in [0.5, 0.6) is 5.88 Å². The van der Waals surface area contributed by atoms with Crippen molar-refractivity contribution in [2.24, 2.45) is 0 Å². The summed E-state index contributed by atoms with van der Waals surface area (Å²) in [6.07, 6.45) is 1.48. The van der Waals surface area contributed by atoms with E-state index in [4.69, 9.17) is 9.72 Å². The van der Waals surface area contributed by atoms with Crippen LogP contribution in [0.2, 0.25) is 0 Å². The van der Waals surface area contributed by atoms with Crippen LogP contribution >= 0.6 is 0 Å². The molecule has 0 fully saturated rings. The molecule has 9 nitrogen and oxygen atoms in total. The van der Waals surface area contributed by atoms with E-state index in [0.717, 1.165) is 38.8 Å². The van der Waals surface area contributed by atoms with Crippen LogP contribution in [-0.2, 0) is 13.0 Å². The third-order valence-electron chi connectivity index (χ3n) is 6.29. The molecule has 0 saturated heterocycles. The van der Waals surface area contributed by atoms with Crippen LogP contribution in [0, 0.1) is 6.92 Å². The van der Waals surface area contributed by atoms with Crippen molar-refractivity contribution in [1.82, 2.24) is 24.6 Å². The van der Waals surface area contributed by atoms with Crippen LogP contribution in [0.4, 0.5) is 26.0 Å². The average Bonchev–Trinajstić information content (AvgIpc) is 2.87. The SMILES string of the molecule is Cc1cc2nc(C(F)F)cc(=O)n2nc1N1CCc2ncc(N3CCOc4ncccc43)cc2C1. The number of aryl methyl sites for hydroxylation is 1. The largest absolute Gasteiger partial charge is 0.474 e. The molecule has 0 bridgehead atoms. The van der Waals surface area contributed by atoms with Gasteiger partial charge >= 0.3 is 0 Å². The summed E-state index contributed by atoms with van der Waals surface area (Å²) in [5.74, 6) is 1.21. The molecule has 35 heavy (non-hydrogen) atoms. The van der Waals surface area contributed by atoms with E-state index in [1.54, 1.807) is 12.3 Å². The highest BCUT2D eigenvalue weighted by atomic mass is 19.3. The first-order chi connectivity index (χ1) is 17.0. The Morgan fingerprint density at radius 3 is 2.89 bits per heavy atom. The number of nitrogens with zero attached hydrogens (tertiary/aromatic N) is 7. The summed E-state index contributed by atoms with van der Waals surface area (Å²) in [5, 5.41) is 4.48. The number of hydrogen-bond donors (Lipinski definition) is 0. The zero-order chi connectivity index (χ0) is 24.1.